The van der Waals surface area contributed by atoms with Crippen molar-refractivity contribution in [2.75, 3.05) is 6.54 Å². The van der Waals surface area contributed by atoms with E-state index in [1.807, 2.05) is 6.07 Å². The number of nitrogens with one attached hydrogen (secondary N) is 1. The second-order valence-electron chi connectivity index (χ2n) is 5.63. The van der Waals surface area contributed by atoms with Crippen LogP contribution in [0.4, 0.5) is 0 Å². The van der Waals surface area contributed by atoms with Gasteiger partial charge >= 0.3 is 0 Å². The van der Waals surface area contributed by atoms with Gasteiger partial charge in [-0.1, -0.05) is 19.8 Å². The zero-order valence-electron chi connectivity index (χ0n) is 11.2. The molecule has 1 heterocycles. The van der Waals surface area contributed by atoms with Crippen molar-refractivity contribution in [3.05, 3.63) is 24.2 Å². The molecule has 2 rings (SSSR count). The minimum atomic E-state index is 0.505. The van der Waals surface area contributed by atoms with Gasteiger partial charge in [-0.25, -0.2) is 0 Å². The summed E-state index contributed by atoms with van der Waals surface area (Å²) in [5, 5.41) is 3.69. The average Bonchev–Trinajstić information content (AvgIpc) is 2.98. The number of hydrogen-bond acceptors (Lipinski definition) is 2. The van der Waals surface area contributed by atoms with Crippen molar-refractivity contribution in [2.24, 2.45) is 5.41 Å². The van der Waals surface area contributed by atoms with E-state index in [-0.39, 0.29) is 0 Å². The molecule has 1 fully saturated rings. The molecule has 0 aliphatic heterocycles. The normalized spacial score (nSPS) is 20.6. The number of furan rings is 1. The van der Waals surface area contributed by atoms with Crippen LogP contribution in [0.15, 0.2) is 22.8 Å². The maximum atomic E-state index is 5.39. The summed E-state index contributed by atoms with van der Waals surface area (Å²) < 4.78 is 5.39. The molecular weight excluding hydrogens is 210 g/mol. The molecule has 0 amide bonds. The van der Waals surface area contributed by atoms with Crippen LogP contribution in [-0.4, -0.2) is 12.6 Å². The van der Waals surface area contributed by atoms with Gasteiger partial charge < -0.3 is 9.73 Å². The molecule has 1 aliphatic rings. The van der Waals surface area contributed by atoms with E-state index in [4.69, 9.17) is 4.42 Å². The van der Waals surface area contributed by atoms with E-state index in [9.17, 15) is 0 Å². The molecule has 1 saturated carbocycles. The molecular formula is C15H25NO. The molecule has 0 aromatic carbocycles. The lowest BCUT2D eigenvalue weighted by Crippen LogP contribution is -2.37. The predicted octanol–water partition coefficient (Wildman–Crippen LogP) is 3.77. The molecule has 1 aromatic rings. The van der Waals surface area contributed by atoms with Crippen molar-refractivity contribution in [1.29, 1.82) is 0 Å². The van der Waals surface area contributed by atoms with Crippen LogP contribution in [0, 0.1) is 5.41 Å². The largest absolute Gasteiger partial charge is 0.469 e. The van der Waals surface area contributed by atoms with Crippen molar-refractivity contribution in [2.45, 2.75) is 58.4 Å². The average molecular weight is 235 g/mol. The molecule has 1 unspecified atom stereocenters. The summed E-state index contributed by atoms with van der Waals surface area (Å²) >= 11 is 0. The Labute approximate surface area is 105 Å². The van der Waals surface area contributed by atoms with Crippen LogP contribution in [0.1, 0.15) is 51.7 Å². The molecule has 0 saturated heterocycles. The van der Waals surface area contributed by atoms with E-state index in [2.05, 4.69) is 25.2 Å². The Balaban J connectivity index is 1.77. The lowest BCUT2D eigenvalue weighted by Gasteiger charge is -2.29. The molecule has 0 bridgehead atoms. The van der Waals surface area contributed by atoms with Gasteiger partial charge in [0.05, 0.1) is 6.26 Å². The van der Waals surface area contributed by atoms with Gasteiger partial charge in [0, 0.05) is 19.0 Å². The first-order chi connectivity index (χ1) is 8.24. The van der Waals surface area contributed by atoms with Gasteiger partial charge in [-0.05, 0) is 43.7 Å². The van der Waals surface area contributed by atoms with Crippen LogP contribution in [0.5, 0.6) is 0 Å². The highest BCUT2D eigenvalue weighted by Crippen LogP contribution is 2.40. The molecule has 2 heteroatoms. The Morgan fingerprint density at radius 3 is 2.76 bits per heavy atom. The van der Waals surface area contributed by atoms with Crippen LogP contribution < -0.4 is 5.32 Å². The number of rotatable bonds is 6. The van der Waals surface area contributed by atoms with Gasteiger partial charge in [-0.15, -0.1) is 0 Å². The molecule has 1 aliphatic carbocycles. The third kappa shape index (κ3) is 3.35. The quantitative estimate of drug-likeness (QED) is 0.812. The SMILES string of the molecule is CCC1(CNC(C)Cc2ccco2)CCCC1. The van der Waals surface area contributed by atoms with Crippen LogP contribution >= 0.6 is 0 Å². The van der Waals surface area contributed by atoms with Crippen LogP contribution in [0.2, 0.25) is 0 Å². The highest BCUT2D eigenvalue weighted by atomic mass is 16.3. The van der Waals surface area contributed by atoms with E-state index in [0.717, 1.165) is 12.2 Å². The molecule has 17 heavy (non-hydrogen) atoms. The van der Waals surface area contributed by atoms with E-state index in [0.29, 0.717) is 11.5 Å². The topological polar surface area (TPSA) is 25.2 Å². The fourth-order valence-corrected chi connectivity index (χ4v) is 2.97. The van der Waals surface area contributed by atoms with E-state index < -0.39 is 0 Å². The molecule has 2 nitrogen and oxygen atoms in total. The van der Waals surface area contributed by atoms with Crippen molar-refractivity contribution in [3.63, 3.8) is 0 Å². The van der Waals surface area contributed by atoms with Gasteiger partial charge in [-0.3, -0.25) is 0 Å². The summed E-state index contributed by atoms with van der Waals surface area (Å²) in [5.74, 6) is 1.09. The van der Waals surface area contributed by atoms with Crippen molar-refractivity contribution >= 4 is 0 Å². The molecule has 0 spiro atoms. The summed E-state index contributed by atoms with van der Waals surface area (Å²) in [5.41, 5.74) is 0.581. The predicted molar refractivity (Wildman–Crippen MR) is 71.1 cm³/mol. The third-order valence-electron chi connectivity index (χ3n) is 4.33. The Kier molecular flexibility index (Phi) is 4.27. The summed E-state index contributed by atoms with van der Waals surface area (Å²) in [7, 11) is 0. The van der Waals surface area contributed by atoms with E-state index >= 15 is 0 Å². The second-order valence-corrected chi connectivity index (χ2v) is 5.63. The van der Waals surface area contributed by atoms with Gasteiger partial charge in [0.25, 0.3) is 0 Å². The lowest BCUT2D eigenvalue weighted by atomic mass is 9.83. The molecule has 1 atom stereocenters. The summed E-state index contributed by atoms with van der Waals surface area (Å²) in [6.07, 6.45) is 9.71. The minimum absolute atomic E-state index is 0.505. The molecule has 0 radical (unpaired) electrons. The van der Waals surface area contributed by atoms with Crippen LogP contribution in [0.3, 0.4) is 0 Å². The Morgan fingerprint density at radius 1 is 1.41 bits per heavy atom. The molecule has 1 N–H and O–H groups in total. The van der Waals surface area contributed by atoms with Crippen LogP contribution in [-0.2, 0) is 6.42 Å². The zero-order valence-corrected chi connectivity index (χ0v) is 11.2. The second kappa shape index (κ2) is 5.72. The first-order valence-corrected chi connectivity index (χ1v) is 7.00. The molecule has 96 valence electrons. The fraction of sp³-hybridized carbons (Fsp3) is 0.733. The summed E-state index contributed by atoms with van der Waals surface area (Å²) in [6, 6.07) is 4.53. The van der Waals surface area contributed by atoms with Gasteiger partial charge in [0.1, 0.15) is 5.76 Å². The zero-order chi connectivity index (χ0) is 12.1. The highest BCUT2D eigenvalue weighted by molar-refractivity contribution is 5.00. The Hall–Kier alpha value is -0.760. The minimum Gasteiger partial charge on any atom is -0.469 e. The van der Waals surface area contributed by atoms with Crippen LogP contribution in [0.25, 0.3) is 0 Å². The monoisotopic (exact) mass is 235 g/mol. The third-order valence-corrected chi connectivity index (χ3v) is 4.33. The maximum absolute atomic E-state index is 5.39. The number of hydrogen-bond donors (Lipinski definition) is 1. The van der Waals surface area contributed by atoms with E-state index in [1.165, 1.54) is 38.6 Å². The fourth-order valence-electron chi connectivity index (χ4n) is 2.97. The van der Waals surface area contributed by atoms with Crippen molar-refractivity contribution in [3.8, 4) is 0 Å². The Bertz CT molecular complexity index is 312. The van der Waals surface area contributed by atoms with Crippen molar-refractivity contribution in [1.82, 2.24) is 5.32 Å². The summed E-state index contributed by atoms with van der Waals surface area (Å²) in [6.45, 7) is 5.76. The van der Waals surface area contributed by atoms with E-state index in [1.54, 1.807) is 6.26 Å². The lowest BCUT2D eigenvalue weighted by molar-refractivity contribution is 0.256. The summed E-state index contributed by atoms with van der Waals surface area (Å²) in [4.78, 5) is 0. The molecule has 1 aromatic heterocycles. The van der Waals surface area contributed by atoms with Gasteiger partial charge in [0.2, 0.25) is 0 Å². The highest BCUT2D eigenvalue weighted by Gasteiger charge is 2.31. The standard InChI is InChI=1S/C15H25NO/c1-3-15(8-4-5-9-15)12-16-13(2)11-14-7-6-10-17-14/h6-7,10,13,16H,3-5,8-9,11-12H2,1-2H3. The Morgan fingerprint density at radius 2 is 2.18 bits per heavy atom. The smallest absolute Gasteiger partial charge is 0.105 e. The first kappa shape index (κ1) is 12.7. The maximum Gasteiger partial charge on any atom is 0.105 e. The van der Waals surface area contributed by atoms with Gasteiger partial charge in [0.15, 0.2) is 0 Å². The van der Waals surface area contributed by atoms with Crippen molar-refractivity contribution < 1.29 is 4.42 Å². The first-order valence-electron chi connectivity index (χ1n) is 7.00. The van der Waals surface area contributed by atoms with Gasteiger partial charge in [-0.2, -0.15) is 0 Å².